The van der Waals surface area contributed by atoms with Gasteiger partial charge in [-0.2, -0.15) is 0 Å². The Labute approximate surface area is 82.9 Å². The lowest BCUT2D eigenvalue weighted by molar-refractivity contribution is -0.136. The Morgan fingerprint density at radius 3 is 2.33 bits per heavy atom. The number of unbranched alkanes of at least 4 members (excludes halogenated alkanes) is 3. The highest BCUT2D eigenvalue weighted by Gasteiger charge is 2.11. The number of carbonyl (C=O) groups is 1. The second-order valence-corrected chi connectivity index (χ2v) is 3.60. The van der Waals surface area contributed by atoms with Crippen molar-refractivity contribution in [1.82, 2.24) is 0 Å². The Morgan fingerprint density at radius 1 is 1.25 bits per heavy atom. The van der Waals surface area contributed by atoms with Gasteiger partial charge in [-0.25, -0.2) is 0 Å². The maximum Gasteiger partial charge on any atom is 0.321 e. The van der Waals surface area contributed by atoms with Crippen LogP contribution in [0, 0.1) is 0 Å². The van der Waals surface area contributed by atoms with Gasteiger partial charge in [0.15, 0.2) is 0 Å². The van der Waals surface area contributed by atoms with Gasteiger partial charge in [-0.15, -0.1) is 23.2 Å². The van der Waals surface area contributed by atoms with Crippen LogP contribution in [-0.2, 0) is 4.79 Å². The highest BCUT2D eigenvalue weighted by atomic mass is 35.5. The van der Waals surface area contributed by atoms with E-state index in [0.717, 1.165) is 25.7 Å². The van der Waals surface area contributed by atoms with Gasteiger partial charge in [0.1, 0.15) is 5.38 Å². The molecule has 0 rings (SSSR count). The van der Waals surface area contributed by atoms with E-state index < -0.39 is 11.3 Å². The lowest BCUT2D eigenvalue weighted by Gasteiger charge is -2.02. The fourth-order valence-electron chi connectivity index (χ4n) is 0.895. The molecule has 0 spiro atoms. The molecule has 0 aliphatic rings. The third-order valence-electron chi connectivity index (χ3n) is 1.61. The Kier molecular flexibility index (Phi) is 7.72. The minimum atomic E-state index is -0.922. The van der Waals surface area contributed by atoms with Gasteiger partial charge in [0.05, 0.1) is 0 Å². The first-order chi connectivity index (χ1) is 5.68. The quantitative estimate of drug-likeness (QED) is 0.521. The van der Waals surface area contributed by atoms with E-state index in [-0.39, 0.29) is 0 Å². The van der Waals surface area contributed by atoms with E-state index in [4.69, 9.17) is 28.3 Å². The summed E-state index contributed by atoms with van der Waals surface area (Å²) in [6, 6.07) is 0. The van der Waals surface area contributed by atoms with Crippen LogP contribution in [0.2, 0.25) is 0 Å². The van der Waals surface area contributed by atoms with Crippen molar-refractivity contribution < 1.29 is 9.90 Å². The van der Waals surface area contributed by atoms with Crippen LogP contribution < -0.4 is 0 Å². The van der Waals surface area contributed by atoms with Crippen molar-refractivity contribution in [2.24, 2.45) is 0 Å². The molecule has 0 aliphatic carbocycles. The zero-order valence-electron chi connectivity index (χ0n) is 6.93. The van der Waals surface area contributed by atoms with Gasteiger partial charge in [-0.1, -0.05) is 19.3 Å². The third-order valence-corrected chi connectivity index (χ3v) is 2.28. The maximum atomic E-state index is 10.3. The Bertz CT molecular complexity index is 128. The molecule has 0 radical (unpaired) electrons. The monoisotopic (exact) mass is 212 g/mol. The Balaban J connectivity index is 3.14. The summed E-state index contributed by atoms with van der Waals surface area (Å²) in [7, 11) is 0. The number of hydrogen-bond acceptors (Lipinski definition) is 1. The van der Waals surface area contributed by atoms with E-state index in [0.29, 0.717) is 12.3 Å². The third kappa shape index (κ3) is 6.74. The molecular weight excluding hydrogens is 199 g/mol. The number of rotatable bonds is 7. The first-order valence-electron chi connectivity index (χ1n) is 4.11. The van der Waals surface area contributed by atoms with E-state index in [9.17, 15) is 4.79 Å². The van der Waals surface area contributed by atoms with Crippen molar-refractivity contribution in [1.29, 1.82) is 0 Å². The van der Waals surface area contributed by atoms with Crippen LogP contribution in [0.5, 0.6) is 0 Å². The summed E-state index contributed by atoms with van der Waals surface area (Å²) in [6.45, 7) is 0. The van der Waals surface area contributed by atoms with E-state index in [1.807, 2.05) is 0 Å². The van der Waals surface area contributed by atoms with E-state index in [1.165, 1.54) is 0 Å². The summed E-state index contributed by atoms with van der Waals surface area (Å²) in [6.07, 6.45) is 4.51. The molecule has 0 aliphatic heterocycles. The second-order valence-electron chi connectivity index (χ2n) is 2.70. The molecular formula is C8H14Cl2O2. The number of alkyl halides is 2. The van der Waals surface area contributed by atoms with Gasteiger partial charge in [0.25, 0.3) is 0 Å². The van der Waals surface area contributed by atoms with Crippen LogP contribution in [0.3, 0.4) is 0 Å². The van der Waals surface area contributed by atoms with Crippen LogP contribution in [0.25, 0.3) is 0 Å². The first-order valence-corrected chi connectivity index (χ1v) is 5.08. The fourth-order valence-corrected chi connectivity index (χ4v) is 1.24. The molecule has 0 fully saturated rings. The summed E-state index contributed by atoms with van der Waals surface area (Å²) < 4.78 is 0. The number of aliphatic carboxylic acids is 1. The van der Waals surface area contributed by atoms with Gasteiger partial charge in [-0.05, 0) is 12.8 Å². The second kappa shape index (κ2) is 7.69. The molecule has 0 amide bonds. The molecule has 2 nitrogen and oxygen atoms in total. The summed E-state index contributed by atoms with van der Waals surface area (Å²) in [4.78, 5) is 10.3. The minimum absolute atomic E-state index is 0.555. The fraction of sp³-hybridized carbons (Fsp3) is 0.875. The standard InChI is InChI=1S/C8H14Cl2O2/c9-6-4-2-1-3-5-7(10)8(11)12/h7H,1-6H2,(H,11,12). The summed E-state index contributed by atoms with van der Waals surface area (Å²) in [5, 5.41) is 7.71. The van der Waals surface area contributed by atoms with Crippen LogP contribution in [0.15, 0.2) is 0 Å². The van der Waals surface area contributed by atoms with E-state index >= 15 is 0 Å². The number of hydrogen-bond donors (Lipinski definition) is 1. The zero-order valence-corrected chi connectivity index (χ0v) is 8.44. The van der Waals surface area contributed by atoms with Crippen LogP contribution in [-0.4, -0.2) is 22.3 Å². The number of carboxylic acid groups (broad SMARTS) is 1. The SMILES string of the molecule is O=C(O)C(Cl)CCCCCCCl. The normalized spacial score (nSPS) is 12.8. The van der Waals surface area contributed by atoms with Crippen molar-refractivity contribution in [3.05, 3.63) is 0 Å². The van der Waals surface area contributed by atoms with Gasteiger partial charge in [0.2, 0.25) is 0 Å². The van der Waals surface area contributed by atoms with Crippen molar-refractivity contribution in [2.75, 3.05) is 5.88 Å². The van der Waals surface area contributed by atoms with E-state index in [2.05, 4.69) is 0 Å². The van der Waals surface area contributed by atoms with E-state index in [1.54, 1.807) is 0 Å². The lowest BCUT2D eigenvalue weighted by Crippen LogP contribution is -2.12. The maximum absolute atomic E-state index is 10.3. The minimum Gasteiger partial charge on any atom is -0.480 e. The molecule has 0 aromatic heterocycles. The van der Waals surface area contributed by atoms with Crippen molar-refractivity contribution >= 4 is 29.2 Å². The van der Waals surface area contributed by atoms with Crippen molar-refractivity contribution in [3.63, 3.8) is 0 Å². The lowest BCUT2D eigenvalue weighted by atomic mass is 10.1. The topological polar surface area (TPSA) is 37.3 Å². The average molecular weight is 213 g/mol. The highest BCUT2D eigenvalue weighted by molar-refractivity contribution is 6.29. The predicted molar refractivity (Wildman–Crippen MR) is 51.1 cm³/mol. The van der Waals surface area contributed by atoms with Crippen molar-refractivity contribution in [3.8, 4) is 0 Å². The summed E-state index contributed by atoms with van der Waals surface area (Å²) >= 11 is 11.0. The summed E-state index contributed by atoms with van der Waals surface area (Å²) in [5.41, 5.74) is 0. The molecule has 0 bridgehead atoms. The average Bonchev–Trinajstić information content (AvgIpc) is 2.03. The van der Waals surface area contributed by atoms with Gasteiger partial charge < -0.3 is 5.11 Å². The largest absolute Gasteiger partial charge is 0.480 e. The number of halogens is 2. The molecule has 0 saturated carbocycles. The molecule has 1 N–H and O–H groups in total. The van der Waals surface area contributed by atoms with Crippen LogP contribution in [0.4, 0.5) is 0 Å². The van der Waals surface area contributed by atoms with Crippen LogP contribution in [0.1, 0.15) is 32.1 Å². The smallest absolute Gasteiger partial charge is 0.321 e. The Morgan fingerprint density at radius 2 is 1.83 bits per heavy atom. The van der Waals surface area contributed by atoms with Gasteiger partial charge >= 0.3 is 5.97 Å². The molecule has 0 aromatic carbocycles. The Hall–Kier alpha value is 0.0500. The first kappa shape index (κ1) is 12.0. The van der Waals surface area contributed by atoms with Gasteiger partial charge in [-0.3, -0.25) is 4.79 Å². The molecule has 72 valence electrons. The molecule has 4 heteroatoms. The number of carboxylic acids is 1. The zero-order chi connectivity index (χ0) is 9.40. The molecule has 12 heavy (non-hydrogen) atoms. The molecule has 1 unspecified atom stereocenters. The van der Waals surface area contributed by atoms with Gasteiger partial charge in [0, 0.05) is 5.88 Å². The molecule has 0 aromatic rings. The summed E-state index contributed by atoms with van der Waals surface area (Å²) in [5.74, 6) is -0.238. The molecule has 1 atom stereocenters. The predicted octanol–water partition coefficient (Wildman–Crippen LogP) is 2.87. The molecule has 0 saturated heterocycles. The van der Waals surface area contributed by atoms with Crippen LogP contribution >= 0.6 is 23.2 Å². The van der Waals surface area contributed by atoms with Crippen molar-refractivity contribution in [2.45, 2.75) is 37.5 Å². The highest BCUT2D eigenvalue weighted by Crippen LogP contribution is 2.10. The molecule has 0 heterocycles.